The summed E-state index contributed by atoms with van der Waals surface area (Å²) in [6.45, 7) is 0. The van der Waals surface area contributed by atoms with Crippen LogP contribution in [0.1, 0.15) is 23.7 Å². The molecule has 0 bridgehead atoms. The minimum atomic E-state index is -4.63. The van der Waals surface area contributed by atoms with E-state index in [-0.39, 0.29) is 10.6 Å². The monoisotopic (exact) mass is 297 g/mol. The number of alkyl halides is 3. The first kappa shape index (κ1) is 15.7. The van der Waals surface area contributed by atoms with Crippen molar-refractivity contribution < 1.29 is 28.2 Å². The van der Waals surface area contributed by atoms with Crippen LogP contribution >= 0.6 is 11.6 Å². The minimum absolute atomic E-state index is 0.241. The van der Waals surface area contributed by atoms with Gasteiger partial charge in [0.1, 0.15) is 6.10 Å². The summed E-state index contributed by atoms with van der Waals surface area (Å²) < 4.78 is 37.6. The molecule has 0 aliphatic carbocycles. The van der Waals surface area contributed by atoms with Crippen molar-refractivity contribution in [3.63, 3.8) is 0 Å². The number of rotatable bonds is 4. The largest absolute Gasteiger partial charge is 0.416 e. The maximum Gasteiger partial charge on any atom is 0.416 e. The highest BCUT2D eigenvalue weighted by molar-refractivity contribution is 6.30. The third-order valence-electron chi connectivity index (χ3n) is 2.36. The maximum atomic E-state index is 12.5. The third-order valence-corrected chi connectivity index (χ3v) is 2.58. The van der Waals surface area contributed by atoms with Crippen molar-refractivity contribution >= 4 is 17.5 Å². The van der Waals surface area contributed by atoms with Crippen molar-refractivity contribution in [3.8, 4) is 0 Å². The first-order valence-electron chi connectivity index (χ1n) is 5.13. The molecule has 1 amide bonds. The lowest BCUT2D eigenvalue weighted by molar-refractivity contribution is -0.137. The lowest BCUT2D eigenvalue weighted by atomic mass is 10.00. The molecule has 19 heavy (non-hydrogen) atoms. The molecule has 0 spiro atoms. The van der Waals surface area contributed by atoms with E-state index in [0.717, 1.165) is 6.07 Å². The average Bonchev–Trinajstić information content (AvgIpc) is 2.25. The molecule has 0 heterocycles. The van der Waals surface area contributed by atoms with Crippen molar-refractivity contribution in [1.82, 2.24) is 0 Å². The number of halogens is 4. The van der Waals surface area contributed by atoms with Gasteiger partial charge in [0.15, 0.2) is 0 Å². The first-order chi connectivity index (χ1) is 8.61. The van der Waals surface area contributed by atoms with E-state index < -0.39 is 36.3 Å². The number of primary amides is 1. The van der Waals surface area contributed by atoms with Gasteiger partial charge in [0.05, 0.1) is 18.1 Å². The molecule has 1 aromatic rings. The molecule has 0 radical (unpaired) electrons. The molecule has 8 heteroatoms. The van der Waals surface area contributed by atoms with Crippen LogP contribution in [0.3, 0.4) is 0 Å². The normalized spacial score (nSPS) is 15.1. The SMILES string of the molecule is NC(=O)CC(O)C(O)c1cc(Cl)cc(C(F)(F)F)c1. The molecule has 4 nitrogen and oxygen atoms in total. The van der Waals surface area contributed by atoms with Gasteiger partial charge in [-0.05, 0) is 23.8 Å². The van der Waals surface area contributed by atoms with Gasteiger partial charge in [-0.3, -0.25) is 4.79 Å². The summed E-state index contributed by atoms with van der Waals surface area (Å²) >= 11 is 5.53. The lowest BCUT2D eigenvalue weighted by Crippen LogP contribution is -2.25. The predicted molar refractivity (Wildman–Crippen MR) is 61.2 cm³/mol. The van der Waals surface area contributed by atoms with Crippen molar-refractivity contribution in [2.24, 2.45) is 5.73 Å². The topological polar surface area (TPSA) is 83.6 Å². The molecule has 2 unspecified atom stereocenters. The van der Waals surface area contributed by atoms with Gasteiger partial charge < -0.3 is 15.9 Å². The highest BCUT2D eigenvalue weighted by Crippen LogP contribution is 2.34. The molecule has 2 atom stereocenters. The second-order valence-electron chi connectivity index (χ2n) is 3.95. The Labute approximate surface area is 111 Å². The second kappa shape index (κ2) is 5.77. The number of hydrogen-bond donors (Lipinski definition) is 3. The van der Waals surface area contributed by atoms with Crippen LogP contribution in [0.5, 0.6) is 0 Å². The van der Waals surface area contributed by atoms with Gasteiger partial charge in [-0.15, -0.1) is 0 Å². The predicted octanol–water partition coefficient (Wildman–Crippen LogP) is 1.63. The van der Waals surface area contributed by atoms with E-state index in [9.17, 15) is 28.2 Å². The van der Waals surface area contributed by atoms with Crippen molar-refractivity contribution in [3.05, 3.63) is 34.3 Å². The Kier molecular flexibility index (Phi) is 4.78. The van der Waals surface area contributed by atoms with E-state index in [1.54, 1.807) is 0 Å². The summed E-state index contributed by atoms with van der Waals surface area (Å²) in [5.41, 5.74) is 3.52. The van der Waals surface area contributed by atoms with Crippen molar-refractivity contribution in [2.45, 2.75) is 24.8 Å². The molecular formula is C11H11ClF3NO3. The minimum Gasteiger partial charge on any atom is -0.390 e. The smallest absolute Gasteiger partial charge is 0.390 e. The van der Waals surface area contributed by atoms with Crippen LogP contribution in [0.25, 0.3) is 0 Å². The average molecular weight is 298 g/mol. The Morgan fingerprint density at radius 2 is 1.89 bits per heavy atom. The van der Waals surface area contributed by atoms with E-state index in [1.165, 1.54) is 0 Å². The second-order valence-corrected chi connectivity index (χ2v) is 4.39. The first-order valence-corrected chi connectivity index (χ1v) is 5.51. The van der Waals surface area contributed by atoms with Crippen LogP contribution in [-0.4, -0.2) is 22.2 Å². The molecule has 0 aliphatic heterocycles. The number of amides is 1. The highest BCUT2D eigenvalue weighted by Gasteiger charge is 2.32. The van der Waals surface area contributed by atoms with Gasteiger partial charge in [0, 0.05) is 5.02 Å². The van der Waals surface area contributed by atoms with Gasteiger partial charge in [-0.2, -0.15) is 13.2 Å². The zero-order valence-corrected chi connectivity index (χ0v) is 10.2. The summed E-state index contributed by atoms with van der Waals surface area (Å²) in [7, 11) is 0. The number of aliphatic hydroxyl groups is 2. The van der Waals surface area contributed by atoms with Crippen molar-refractivity contribution in [2.75, 3.05) is 0 Å². The fourth-order valence-electron chi connectivity index (χ4n) is 1.49. The number of aliphatic hydroxyl groups excluding tert-OH is 2. The molecule has 0 saturated heterocycles. The Balaban J connectivity index is 3.06. The fraction of sp³-hybridized carbons (Fsp3) is 0.364. The number of hydrogen-bond acceptors (Lipinski definition) is 3. The molecule has 106 valence electrons. The Hall–Kier alpha value is -1.31. The van der Waals surface area contributed by atoms with Gasteiger partial charge in [0.25, 0.3) is 0 Å². The van der Waals surface area contributed by atoms with E-state index in [4.69, 9.17) is 17.3 Å². The Morgan fingerprint density at radius 3 is 2.37 bits per heavy atom. The van der Waals surface area contributed by atoms with Crippen LogP contribution in [0.4, 0.5) is 13.2 Å². The molecule has 0 aromatic heterocycles. The number of benzene rings is 1. The summed E-state index contributed by atoms with van der Waals surface area (Å²) in [6, 6.07) is 2.42. The quantitative estimate of drug-likeness (QED) is 0.790. The van der Waals surface area contributed by atoms with Crippen molar-refractivity contribution in [1.29, 1.82) is 0 Å². The van der Waals surface area contributed by atoms with E-state index in [2.05, 4.69) is 0 Å². The van der Waals surface area contributed by atoms with Gasteiger partial charge >= 0.3 is 6.18 Å². The van der Waals surface area contributed by atoms with E-state index in [0.29, 0.717) is 12.1 Å². The van der Waals surface area contributed by atoms with E-state index >= 15 is 0 Å². The van der Waals surface area contributed by atoms with Crippen LogP contribution in [0.15, 0.2) is 18.2 Å². The molecular weight excluding hydrogens is 287 g/mol. The number of nitrogens with two attached hydrogens (primary N) is 1. The lowest BCUT2D eigenvalue weighted by Gasteiger charge is -2.18. The molecule has 4 N–H and O–H groups in total. The molecule has 1 rings (SSSR count). The zero-order chi connectivity index (χ0) is 14.8. The Morgan fingerprint density at radius 1 is 1.32 bits per heavy atom. The molecule has 0 saturated carbocycles. The fourth-order valence-corrected chi connectivity index (χ4v) is 1.73. The zero-order valence-electron chi connectivity index (χ0n) is 9.49. The Bertz CT molecular complexity index is 479. The summed E-state index contributed by atoms with van der Waals surface area (Å²) in [4.78, 5) is 10.6. The van der Waals surface area contributed by atoms with Crippen LogP contribution in [-0.2, 0) is 11.0 Å². The van der Waals surface area contributed by atoms with Crippen LogP contribution < -0.4 is 5.73 Å². The molecule has 1 aromatic carbocycles. The standard InChI is InChI=1S/C11H11ClF3NO3/c12-7-2-5(1-6(3-7)11(13,14)15)10(19)8(17)4-9(16)18/h1-3,8,10,17,19H,4H2,(H2,16,18). The van der Waals surface area contributed by atoms with Gasteiger partial charge in [-0.25, -0.2) is 0 Å². The molecule has 0 aliphatic rings. The van der Waals surface area contributed by atoms with Gasteiger partial charge in [-0.1, -0.05) is 11.6 Å². The van der Waals surface area contributed by atoms with Crippen LogP contribution in [0, 0.1) is 0 Å². The summed E-state index contributed by atoms with van der Waals surface area (Å²) in [6.07, 6.45) is -8.49. The van der Waals surface area contributed by atoms with Gasteiger partial charge in [0.2, 0.25) is 5.91 Å². The highest BCUT2D eigenvalue weighted by atomic mass is 35.5. The van der Waals surface area contributed by atoms with E-state index in [1.807, 2.05) is 0 Å². The molecule has 0 fully saturated rings. The summed E-state index contributed by atoms with van der Waals surface area (Å²) in [5.74, 6) is -0.885. The maximum absolute atomic E-state index is 12.5. The summed E-state index contributed by atoms with van der Waals surface area (Å²) in [5, 5.41) is 18.9. The third kappa shape index (κ3) is 4.38. The van der Waals surface area contributed by atoms with Crippen LogP contribution in [0.2, 0.25) is 5.02 Å². The number of carbonyl (C=O) groups is 1. The number of carbonyl (C=O) groups excluding carboxylic acids is 1.